The number of rotatable bonds is 6. The standard InChI is InChI=1S/C17H16Cl2N6O3/c18-10-2-1-3-11(19)13(10)24-25-14(16(21)26)15(20)23-9-4-5-12(22-8-9)17-27-6-7-28-17/h1-5,8,17,24H,6-7H2,(H2,20,23)(H2,21,26)/b25-14+. The molecule has 9 nitrogen and oxygen atoms in total. The summed E-state index contributed by atoms with van der Waals surface area (Å²) in [6, 6.07) is 8.22. The third kappa shape index (κ3) is 4.76. The van der Waals surface area contributed by atoms with Crippen molar-refractivity contribution in [3.8, 4) is 0 Å². The number of hydrogen-bond acceptors (Lipinski definition) is 7. The lowest BCUT2D eigenvalue weighted by Gasteiger charge is -2.09. The number of hydrogen-bond donors (Lipinski definition) is 3. The first-order valence-corrected chi connectivity index (χ1v) is 8.82. The van der Waals surface area contributed by atoms with Gasteiger partial charge in [-0.3, -0.25) is 15.2 Å². The third-order valence-corrected chi connectivity index (χ3v) is 4.23. The van der Waals surface area contributed by atoms with Crippen molar-refractivity contribution in [2.24, 2.45) is 21.6 Å². The second kappa shape index (κ2) is 8.98. The van der Waals surface area contributed by atoms with Gasteiger partial charge in [0, 0.05) is 0 Å². The number of nitrogens with two attached hydrogens (primary N) is 2. The van der Waals surface area contributed by atoms with Crippen molar-refractivity contribution in [2.45, 2.75) is 6.29 Å². The normalized spacial score (nSPS) is 15.6. The zero-order valence-electron chi connectivity index (χ0n) is 14.4. The molecule has 0 spiro atoms. The van der Waals surface area contributed by atoms with E-state index in [-0.39, 0.29) is 11.5 Å². The Balaban J connectivity index is 1.80. The summed E-state index contributed by atoms with van der Waals surface area (Å²) in [5.41, 5.74) is 14.8. The van der Waals surface area contributed by atoms with Crippen LogP contribution in [0.15, 0.2) is 46.6 Å². The molecule has 5 N–H and O–H groups in total. The Morgan fingerprint density at radius 2 is 1.82 bits per heavy atom. The highest BCUT2D eigenvalue weighted by atomic mass is 35.5. The van der Waals surface area contributed by atoms with Crippen molar-refractivity contribution in [1.82, 2.24) is 4.98 Å². The number of pyridine rings is 1. The molecule has 0 atom stereocenters. The van der Waals surface area contributed by atoms with Gasteiger partial charge in [0.1, 0.15) is 0 Å². The number of nitrogens with one attached hydrogen (secondary N) is 1. The number of benzene rings is 1. The molecule has 3 rings (SSSR count). The molecule has 0 radical (unpaired) electrons. The van der Waals surface area contributed by atoms with Gasteiger partial charge in [0.05, 0.1) is 46.5 Å². The number of aliphatic imine (C=N–C) groups is 1. The van der Waals surface area contributed by atoms with Gasteiger partial charge in [0.15, 0.2) is 11.5 Å². The van der Waals surface area contributed by atoms with Crippen molar-refractivity contribution in [2.75, 3.05) is 18.6 Å². The Bertz CT molecular complexity index is 907. The fourth-order valence-corrected chi connectivity index (χ4v) is 2.76. The monoisotopic (exact) mass is 422 g/mol. The Hall–Kier alpha value is -2.72. The molecule has 1 aliphatic rings. The molecule has 1 amide bonds. The highest BCUT2D eigenvalue weighted by molar-refractivity contribution is 6.66. The maximum Gasteiger partial charge on any atom is 0.272 e. The number of amidine groups is 1. The molecule has 28 heavy (non-hydrogen) atoms. The smallest absolute Gasteiger partial charge is 0.272 e. The number of aromatic nitrogens is 1. The minimum Gasteiger partial charge on any atom is -0.382 e. The van der Waals surface area contributed by atoms with Crippen LogP contribution in [0.1, 0.15) is 12.0 Å². The van der Waals surface area contributed by atoms with Crippen LogP contribution in [0.2, 0.25) is 10.0 Å². The fraction of sp³-hybridized carbons (Fsp3) is 0.176. The van der Waals surface area contributed by atoms with Gasteiger partial charge in [-0.2, -0.15) is 5.10 Å². The van der Waals surface area contributed by atoms with Gasteiger partial charge in [-0.25, -0.2) is 4.99 Å². The van der Waals surface area contributed by atoms with Gasteiger partial charge in [-0.1, -0.05) is 29.3 Å². The van der Waals surface area contributed by atoms with Crippen molar-refractivity contribution in [1.29, 1.82) is 0 Å². The van der Waals surface area contributed by atoms with Crippen molar-refractivity contribution >= 4 is 52.0 Å². The summed E-state index contributed by atoms with van der Waals surface area (Å²) >= 11 is 12.1. The van der Waals surface area contributed by atoms with E-state index in [0.717, 1.165) is 0 Å². The summed E-state index contributed by atoms with van der Waals surface area (Å²) in [5, 5.41) is 4.52. The Labute approximate surface area is 170 Å². The van der Waals surface area contributed by atoms with E-state index in [9.17, 15) is 4.79 Å². The SMILES string of the molecule is NC(=O)/C(=N/Nc1c(Cl)cccc1Cl)C(N)=Nc1ccc(C2OCCO2)nc1. The number of halogens is 2. The lowest BCUT2D eigenvalue weighted by Crippen LogP contribution is -2.36. The molecule has 1 aliphatic heterocycles. The minimum absolute atomic E-state index is 0.203. The maximum atomic E-state index is 11.7. The van der Waals surface area contributed by atoms with Crippen LogP contribution >= 0.6 is 23.2 Å². The predicted octanol–water partition coefficient (Wildman–Crippen LogP) is 2.38. The quantitative estimate of drug-likeness (QED) is 0.371. The highest BCUT2D eigenvalue weighted by Gasteiger charge is 2.19. The van der Waals surface area contributed by atoms with Gasteiger partial charge in [0.2, 0.25) is 6.29 Å². The molecule has 146 valence electrons. The summed E-state index contributed by atoms with van der Waals surface area (Å²) < 4.78 is 10.7. The number of primary amides is 1. The van der Waals surface area contributed by atoms with E-state index >= 15 is 0 Å². The molecule has 0 bridgehead atoms. The number of carbonyl (C=O) groups excluding carboxylic acids is 1. The Kier molecular flexibility index (Phi) is 6.42. The number of carbonyl (C=O) groups is 1. The largest absolute Gasteiger partial charge is 0.382 e. The summed E-state index contributed by atoms with van der Waals surface area (Å²) in [5.74, 6) is -1.08. The molecule has 0 saturated carbocycles. The molecule has 0 unspecified atom stereocenters. The second-order valence-corrected chi connectivity index (χ2v) is 6.36. The fourth-order valence-electron chi connectivity index (χ4n) is 2.28. The van der Waals surface area contributed by atoms with E-state index in [4.69, 9.17) is 44.1 Å². The van der Waals surface area contributed by atoms with Crippen LogP contribution < -0.4 is 16.9 Å². The zero-order chi connectivity index (χ0) is 20.1. The van der Waals surface area contributed by atoms with Gasteiger partial charge in [-0.05, 0) is 24.3 Å². The number of para-hydroxylation sites is 1. The van der Waals surface area contributed by atoms with E-state index < -0.39 is 12.2 Å². The zero-order valence-corrected chi connectivity index (χ0v) is 15.9. The van der Waals surface area contributed by atoms with Gasteiger partial charge >= 0.3 is 0 Å². The van der Waals surface area contributed by atoms with Gasteiger partial charge in [0.25, 0.3) is 5.91 Å². The van der Waals surface area contributed by atoms with Crippen LogP contribution in [0.5, 0.6) is 0 Å². The highest BCUT2D eigenvalue weighted by Crippen LogP contribution is 2.29. The molecule has 1 aromatic carbocycles. The lowest BCUT2D eigenvalue weighted by atomic mass is 10.3. The van der Waals surface area contributed by atoms with Gasteiger partial charge in [-0.15, -0.1) is 0 Å². The Morgan fingerprint density at radius 1 is 1.14 bits per heavy atom. The first kappa shape index (κ1) is 20.0. The number of ether oxygens (including phenoxy) is 2. The van der Waals surface area contributed by atoms with E-state index in [0.29, 0.717) is 40.3 Å². The summed E-state index contributed by atoms with van der Waals surface area (Å²) in [6.45, 7) is 1.03. The first-order valence-electron chi connectivity index (χ1n) is 8.07. The van der Waals surface area contributed by atoms with Gasteiger partial charge < -0.3 is 20.9 Å². The molecule has 11 heteroatoms. The molecule has 2 heterocycles. The Morgan fingerprint density at radius 3 is 2.39 bits per heavy atom. The summed E-state index contributed by atoms with van der Waals surface area (Å²) in [7, 11) is 0. The van der Waals surface area contributed by atoms with Crippen LogP contribution in [0.4, 0.5) is 11.4 Å². The van der Waals surface area contributed by atoms with Crippen LogP contribution in [0, 0.1) is 0 Å². The number of nitrogens with zero attached hydrogens (tertiary/aromatic N) is 3. The summed E-state index contributed by atoms with van der Waals surface area (Å²) in [4.78, 5) is 20.1. The molecule has 2 aromatic rings. The predicted molar refractivity (Wildman–Crippen MR) is 107 cm³/mol. The molecule has 1 fully saturated rings. The lowest BCUT2D eigenvalue weighted by molar-refractivity contribution is -0.111. The van der Waals surface area contributed by atoms with Crippen molar-refractivity contribution in [3.05, 3.63) is 52.3 Å². The topological polar surface area (TPSA) is 137 Å². The average molecular weight is 423 g/mol. The first-order chi connectivity index (χ1) is 13.5. The van der Waals surface area contributed by atoms with Crippen molar-refractivity contribution < 1.29 is 14.3 Å². The minimum atomic E-state index is -0.880. The molecule has 1 aromatic heterocycles. The third-order valence-electron chi connectivity index (χ3n) is 3.60. The second-order valence-electron chi connectivity index (χ2n) is 5.54. The van der Waals surface area contributed by atoms with Crippen LogP contribution in [-0.4, -0.2) is 35.7 Å². The maximum absolute atomic E-state index is 11.7. The van der Waals surface area contributed by atoms with E-state index in [1.165, 1.54) is 6.20 Å². The molecular formula is C17H16Cl2N6O3. The van der Waals surface area contributed by atoms with E-state index in [2.05, 4.69) is 20.5 Å². The molecular weight excluding hydrogens is 407 g/mol. The van der Waals surface area contributed by atoms with Crippen molar-refractivity contribution in [3.63, 3.8) is 0 Å². The number of amides is 1. The number of hydrazone groups is 1. The van der Waals surface area contributed by atoms with Crippen LogP contribution in [0.25, 0.3) is 0 Å². The van der Waals surface area contributed by atoms with Crippen LogP contribution in [0.3, 0.4) is 0 Å². The molecule has 1 saturated heterocycles. The summed E-state index contributed by atoms with van der Waals surface area (Å²) in [6.07, 6.45) is 0.965. The molecule has 0 aliphatic carbocycles. The van der Waals surface area contributed by atoms with E-state index in [1.54, 1.807) is 30.3 Å². The average Bonchev–Trinajstić information content (AvgIpc) is 3.19. The van der Waals surface area contributed by atoms with E-state index in [1.807, 2.05) is 0 Å². The van der Waals surface area contributed by atoms with Crippen LogP contribution in [-0.2, 0) is 14.3 Å². The number of anilines is 1.